The standard InChI is InChI=1S/C17H21Cl2N3O2S/c1-22(2)10-13-4-5-14(24-13)11-25-8-7-20-17(23)21-12-3-6-15(18)16(19)9-12/h3-6,9H,7-8,10-11H2,1-2H3,(H2,20,21,23)/p+1. The second kappa shape index (κ2) is 9.97. The van der Waals surface area contributed by atoms with Gasteiger partial charge in [0, 0.05) is 18.0 Å². The number of nitrogens with one attached hydrogen (secondary N) is 3. The van der Waals surface area contributed by atoms with Crippen LogP contribution in [0.2, 0.25) is 10.0 Å². The molecule has 3 N–H and O–H groups in total. The lowest BCUT2D eigenvalue weighted by molar-refractivity contribution is -0.873. The number of amides is 2. The van der Waals surface area contributed by atoms with Crippen molar-refractivity contribution < 1.29 is 14.1 Å². The number of furan rings is 1. The number of hydrogen-bond donors (Lipinski definition) is 3. The van der Waals surface area contributed by atoms with Crippen LogP contribution < -0.4 is 15.5 Å². The molecule has 2 rings (SSSR count). The molecule has 5 nitrogen and oxygen atoms in total. The molecule has 0 aliphatic rings. The van der Waals surface area contributed by atoms with Gasteiger partial charge in [0.1, 0.15) is 12.3 Å². The Kier molecular flexibility index (Phi) is 7.96. The highest BCUT2D eigenvalue weighted by Crippen LogP contribution is 2.24. The average molecular weight is 403 g/mol. The lowest BCUT2D eigenvalue weighted by Crippen LogP contribution is -3.04. The maximum Gasteiger partial charge on any atom is 0.319 e. The van der Waals surface area contributed by atoms with Crippen LogP contribution in [-0.4, -0.2) is 32.4 Å². The van der Waals surface area contributed by atoms with E-state index in [1.807, 2.05) is 12.1 Å². The third-order valence-electron chi connectivity index (χ3n) is 3.20. The maximum absolute atomic E-state index is 11.8. The fraction of sp³-hybridized carbons (Fsp3) is 0.353. The third kappa shape index (κ3) is 7.20. The Bertz CT molecular complexity index is 707. The van der Waals surface area contributed by atoms with Crippen LogP contribution in [0.1, 0.15) is 11.5 Å². The SMILES string of the molecule is C[NH+](C)Cc1ccc(CSCCNC(=O)Nc2ccc(Cl)c(Cl)c2)o1. The van der Waals surface area contributed by atoms with Gasteiger partial charge in [0.15, 0.2) is 5.76 Å². The lowest BCUT2D eigenvalue weighted by Gasteiger charge is -2.08. The molecule has 1 aromatic carbocycles. The minimum absolute atomic E-state index is 0.270. The van der Waals surface area contributed by atoms with Crippen LogP contribution in [0.3, 0.4) is 0 Å². The summed E-state index contributed by atoms with van der Waals surface area (Å²) in [5, 5.41) is 6.38. The van der Waals surface area contributed by atoms with Crippen molar-refractivity contribution >= 4 is 46.7 Å². The van der Waals surface area contributed by atoms with Gasteiger partial charge in [0.05, 0.1) is 29.9 Å². The van der Waals surface area contributed by atoms with E-state index in [2.05, 4.69) is 24.7 Å². The van der Waals surface area contributed by atoms with Crippen LogP contribution in [0.15, 0.2) is 34.7 Å². The fourth-order valence-electron chi connectivity index (χ4n) is 2.10. The van der Waals surface area contributed by atoms with Crippen molar-refractivity contribution in [2.45, 2.75) is 12.3 Å². The molecule has 2 aromatic rings. The number of rotatable bonds is 8. The number of thioether (sulfide) groups is 1. The molecule has 0 spiro atoms. The predicted octanol–water partition coefficient (Wildman–Crippen LogP) is 3.29. The number of urea groups is 1. The third-order valence-corrected chi connectivity index (χ3v) is 4.92. The van der Waals surface area contributed by atoms with Gasteiger partial charge < -0.3 is 20.0 Å². The molecule has 0 radical (unpaired) electrons. The first kappa shape index (κ1) is 20.0. The zero-order valence-electron chi connectivity index (χ0n) is 14.2. The Balaban J connectivity index is 1.63. The number of carbonyl (C=O) groups is 1. The quantitative estimate of drug-likeness (QED) is 0.593. The van der Waals surface area contributed by atoms with E-state index < -0.39 is 0 Å². The summed E-state index contributed by atoms with van der Waals surface area (Å²) in [5.74, 6) is 3.54. The molecule has 0 fully saturated rings. The molecule has 2 amide bonds. The Labute approximate surface area is 162 Å². The predicted molar refractivity (Wildman–Crippen MR) is 105 cm³/mol. The first-order valence-corrected chi connectivity index (χ1v) is 9.79. The van der Waals surface area contributed by atoms with Crippen molar-refractivity contribution in [3.63, 3.8) is 0 Å². The molecule has 1 heterocycles. The van der Waals surface area contributed by atoms with E-state index in [0.29, 0.717) is 22.3 Å². The number of benzene rings is 1. The van der Waals surface area contributed by atoms with Crippen LogP contribution in [0.4, 0.5) is 10.5 Å². The fourth-order valence-corrected chi connectivity index (χ4v) is 3.15. The largest absolute Gasteiger partial charge is 0.459 e. The van der Waals surface area contributed by atoms with E-state index in [1.165, 1.54) is 4.90 Å². The second-order valence-corrected chi connectivity index (χ2v) is 7.73. The highest BCUT2D eigenvalue weighted by atomic mass is 35.5. The molecule has 1 aromatic heterocycles. The average Bonchev–Trinajstić information content (AvgIpc) is 2.97. The van der Waals surface area contributed by atoms with Gasteiger partial charge in [-0.2, -0.15) is 11.8 Å². The molecule has 8 heteroatoms. The number of hydrogen-bond acceptors (Lipinski definition) is 3. The zero-order valence-corrected chi connectivity index (χ0v) is 16.5. The monoisotopic (exact) mass is 402 g/mol. The second-order valence-electron chi connectivity index (χ2n) is 5.81. The summed E-state index contributed by atoms with van der Waals surface area (Å²) < 4.78 is 5.76. The van der Waals surface area contributed by atoms with E-state index in [1.54, 1.807) is 30.0 Å². The van der Waals surface area contributed by atoms with E-state index in [4.69, 9.17) is 27.6 Å². The van der Waals surface area contributed by atoms with Crippen LogP contribution in [0, 0.1) is 0 Å². The van der Waals surface area contributed by atoms with Crippen LogP contribution >= 0.6 is 35.0 Å². The van der Waals surface area contributed by atoms with Gasteiger partial charge in [-0.15, -0.1) is 0 Å². The smallest absolute Gasteiger partial charge is 0.319 e. The number of carbonyl (C=O) groups excluding carboxylic acids is 1. The van der Waals surface area contributed by atoms with Crippen molar-refractivity contribution in [1.82, 2.24) is 5.32 Å². The van der Waals surface area contributed by atoms with E-state index in [9.17, 15) is 4.79 Å². The Morgan fingerprint density at radius 1 is 1.16 bits per heavy atom. The molecule has 0 aliphatic heterocycles. The first-order chi connectivity index (χ1) is 11.9. The highest BCUT2D eigenvalue weighted by molar-refractivity contribution is 7.98. The summed E-state index contributed by atoms with van der Waals surface area (Å²) in [4.78, 5) is 13.1. The first-order valence-electron chi connectivity index (χ1n) is 7.88. The van der Waals surface area contributed by atoms with Crippen LogP contribution in [-0.2, 0) is 12.3 Å². The summed E-state index contributed by atoms with van der Waals surface area (Å²) >= 11 is 13.5. The van der Waals surface area contributed by atoms with Crippen molar-refractivity contribution in [1.29, 1.82) is 0 Å². The van der Waals surface area contributed by atoms with Crippen LogP contribution in [0.25, 0.3) is 0 Å². The molecule has 25 heavy (non-hydrogen) atoms. The number of halogens is 2. The molecule has 0 aliphatic carbocycles. The van der Waals surface area contributed by atoms with Gasteiger partial charge >= 0.3 is 6.03 Å². The van der Waals surface area contributed by atoms with Gasteiger partial charge in [0.2, 0.25) is 0 Å². The minimum Gasteiger partial charge on any atom is -0.459 e. The molecular formula is C17H22Cl2N3O2S+. The van der Waals surface area contributed by atoms with Crippen molar-refractivity contribution in [3.05, 3.63) is 51.9 Å². The molecular weight excluding hydrogens is 381 g/mol. The molecule has 0 saturated carbocycles. The summed E-state index contributed by atoms with van der Waals surface area (Å²) in [6, 6.07) is 8.72. The molecule has 0 saturated heterocycles. The van der Waals surface area contributed by atoms with E-state index in [0.717, 1.165) is 29.6 Å². The van der Waals surface area contributed by atoms with E-state index in [-0.39, 0.29) is 6.03 Å². The van der Waals surface area contributed by atoms with Crippen LogP contribution in [0.5, 0.6) is 0 Å². The Morgan fingerprint density at radius 2 is 1.92 bits per heavy atom. The highest BCUT2D eigenvalue weighted by Gasteiger charge is 2.06. The van der Waals surface area contributed by atoms with Gasteiger partial charge in [-0.1, -0.05) is 23.2 Å². The molecule has 136 valence electrons. The van der Waals surface area contributed by atoms with Crippen molar-refractivity contribution in [2.24, 2.45) is 0 Å². The van der Waals surface area contributed by atoms with Crippen molar-refractivity contribution in [3.8, 4) is 0 Å². The normalized spacial score (nSPS) is 10.9. The molecule has 0 atom stereocenters. The van der Waals surface area contributed by atoms with Gasteiger partial charge in [-0.05, 0) is 30.3 Å². The summed E-state index contributed by atoms with van der Waals surface area (Å²) in [5.41, 5.74) is 0.602. The summed E-state index contributed by atoms with van der Waals surface area (Å²) in [6.45, 7) is 1.44. The number of anilines is 1. The van der Waals surface area contributed by atoms with Gasteiger partial charge in [-0.25, -0.2) is 4.79 Å². The zero-order chi connectivity index (χ0) is 18.2. The molecule has 0 unspecified atom stereocenters. The summed E-state index contributed by atoms with van der Waals surface area (Å²) in [7, 11) is 4.18. The topological polar surface area (TPSA) is 58.7 Å². The van der Waals surface area contributed by atoms with Gasteiger partial charge in [-0.3, -0.25) is 0 Å². The Hall–Kier alpha value is -1.34. The molecule has 0 bridgehead atoms. The van der Waals surface area contributed by atoms with Crippen molar-refractivity contribution in [2.75, 3.05) is 31.7 Å². The summed E-state index contributed by atoms with van der Waals surface area (Å²) in [6.07, 6.45) is 0. The lowest BCUT2D eigenvalue weighted by atomic mass is 10.3. The maximum atomic E-state index is 11.8. The van der Waals surface area contributed by atoms with Gasteiger partial charge in [0.25, 0.3) is 0 Å². The Morgan fingerprint density at radius 3 is 2.64 bits per heavy atom. The minimum atomic E-state index is -0.270. The number of quaternary nitrogens is 1. The van der Waals surface area contributed by atoms with E-state index >= 15 is 0 Å².